The van der Waals surface area contributed by atoms with E-state index in [4.69, 9.17) is 0 Å². The first-order chi connectivity index (χ1) is 6.40. The van der Waals surface area contributed by atoms with Crippen molar-refractivity contribution < 1.29 is 0 Å². The standard InChI is InChI=1S/C8H7BrN4/c9-3-7-5-13(6-12-7)8-4-10-1-2-11-8/h1-2,4-6H,3H2. The topological polar surface area (TPSA) is 43.6 Å². The molecular formula is C8H7BrN4. The van der Waals surface area contributed by atoms with Crippen molar-refractivity contribution in [2.45, 2.75) is 5.33 Å². The predicted molar refractivity (Wildman–Crippen MR) is 51.8 cm³/mol. The number of hydrogen-bond donors (Lipinski definition) is 0. The Morgan fingerprint density at radius 3 is 2.85 bits per heavy atom. The average molecular weight is 239 g/mol. The monoisotopic (exact) mass is 238 g/mol. The first kappa shape index (κ1) is 8.37. The average Bonchev–Trinajstić information content (AvgIpc) is 2.67. The van der Waals surface area contributed by atoms with Crippen molar-refractivity contribution in [1.29, 1.82) is 0 Å². The van der Waals surface area contributed by atoms with Crippen molar-refractivity contribution in [2.75, 3.05) is 0 Å². The minimum atomic E-state index is 0.750. The number of hydrogen-bond acceptors (Lipinski definition) is 3. The molecule has 0 amide bonds. The van der Waals surface area contributed by atoms with E-state index in [1.807, 2.05) is 10.8 Å². The quantitative estimate of drug-likeness (QED) is 0.747. The number of halogens is 1. The zero-order chi connectivity index (χ0) is 9.10. The van der Waals surface area contributed by atoms with Gasteiger partial charge in [-0.1, -0.05) is 15.9 Å². The first-order valence-corrected chi connectivity index (χ1v) is 4.87. The summed E-state index contributed by atoms with van der Waals surface area (Å²) in [5.74, 6) is 0.780. The summed E-state index contributed by atoms with van der Waals surface area (Å²) in [7, 11) is 0. The molecule has 0 N–H and O–H groups in total. The fraction of sp³-hybridized carbons (Fsp3) is 0.125. The van der Waals surface area contributed by atoms with Gasteiger partial charge in [0, 0.05) is 23.9 Å². The molecule has 0 aliphatic carbocycles. The third-order valence-corrected chi connectivity index (χ3v) is 2.16. The van der Waals surface area contributed by atoms with Crippen LogP contribution in [0.3, 0.4) is 0 Å². The maximum atomic E-state index is 4.16. The van der Waals surface area contributed by atoms with E-state index in [0.717, 1.165) is 16.8 Å². The molecule has 0 aliphatic rings. The van der Waals surface area contributed by atoms with Gasteiger partial charge in [0.15, 0.2) is 5.82 Å². The van der Waals surface area contributed by atoms with Gasteiger partial charge in [0.05, 0.1) is 11.9 Å². The summed E-state index contributed by atoms with van der Waals surface area (Å²) >= 11 is 3.33. The van der Waals surface area contributed by atoms with Gasteiger partial charge in [0.2, 0.25) is 0 Å². The molecule has 5 heteroatoms. The van der Waals surface area contributed by atoms with Crippen LogP contribution in [0.25, 0.3) is 5.82 Å². The van der Waals surface area contributed by atoms with Crippen LogP contribution >= 0.6 is 15.9 Å². The van der Waals surface area contributed by atoms with Crippen LogP contribution in [0.2, 0.25) is 0 Å². The summed E-state index contributed by atoms with van der Waals surface area (Å²) < 4.78 is 1.84. The minimum Gasteiger partial charge on any atom is -0.289 e. The molecule has 0 radical (unpaired) electrons. The van der Waals surface area contributed by atoms with Crippen molar-refractivity contribution in [3.8, 4) is 5.82 Å². The molecule has 66 valence electrons. The highest BCUT2D eigenvalue weighted by atomic mass is 79.9. The minimum absolute atomic E-state index is 0.750. The number of rotatable bonds is 2. The SMILES string of the molecule is BrCc1cn(-c2cnccn2)cn1. The van der Waals surface area contributed by atoms with Gasteiger partial charge in [0.1, 0.15) is 6.33 Å². The van der Waals surface area contributed by atoms with Gasteiger partial charge >= 0.3 is 0 Å². The molecule has 0 bridgehead atoms. The second kappa shape index (κ2) is 3.66. The molecule has 0 aliphatic heterocycles. The second-order valence-electron chi connectivity index (χ2n) is 2.47. The van der Waals surface area contributed by atoms with Crippen molar-refractivity contribution in [2.24, 2.45) is 0 Å². The number of alkyl halides is 1. The van der Waals surface area contributed by atoms with Gasteiger partial charge in [-0.05, 0) is 0 Å². The Balaban J connectivity index is 2.36. The lowest BCUT2D eigenvalue weighted by Crippen LogP contribution is -1.93. The lowest BCUT2D eigenvalue weighted by Gasteiger charge is -1.96. The Labute approximate surface area is 83.8 Å². The van der Waals surface area contributed by atoms with E-state index in [2.05, 4.69) is 30.9 Å². The van der Waals surface area contributed by atoms with Crippen LogP contribution in [0.5, 0.6) is 0 Å². The Morgan fingerprint density at radius 1 is 1.31 bits per heavy atom. The smallest absolute Gasteiger partial charge is 0.156 e. The molecular weight excluding hydrogens is 232 g/mol. The fourth-order valence-corrected chi connectivity index (χ4v) is 1.27. The predicted octanol–water partition coefficient (Wildman–Crippen LogP) is 1.56. The van der Waals surface area contributed by atoms with E-state index in [9.17, 15) is 0 Å². The Kier molecular flexibility index (Phi) is 2.35. The highest BCUT2D eigenvalue weighted by molar-refractivity contribution is 9.08. The lowest BCUT2D eigenvalue weighted by atomic mass is 10.5. The van der Waals surface area contributed by atoms with Crippen LogP contribution < -0.4 is 0 Å². The third kappa shape index (κ3) is 1.75. The van der Waals surface area contributed by atoms with Crippen LogP contribution in [-0.2, 0) is 5.33 Å². The van der Waals surface area contributed by atoms with Gasteiger partial charge in [-0.15, -0.1) is 0 Å². The van der Waals surface area contributed by atoms with Crippen molar-refractivity contribution >= 4 is 15.9 Å². The summed E-state index contributed by atoms with van der Waals surface area (Å²) in [5.41, 5.74) is 0.977. The zero-order valence-corrected chi connectivity index (χ0v) is 8.35. The maximum Gasteiger partial charge on any atom is 0.156 e. The molecule has 0 fully saturated rings. The molecule has 2 rings (SSSR count). The van der Waals surface area contributed by atoms with Gasteiger partial charge in [0.25, 0.3) is 0 Å². The van der Waals surface area contributed by atoms with Gasteiger partial charge in [-0.3, -0.25) is 9.55 Å². The van der Waals surface area contributed by atoms with Crippen LogP contribution in [0.15, 0.2) is 31.1 Å². The molecule has 0 saturated carbocycles. The zero-order valence-electron chi connectivity index (χ0n) is 6.76. The molecule has 0 unspecified atom stereocenters. The Hall–Kier alpha value is -1.23. The van der Waals surface area contributed by atoms with E-state index >= 15 is 0 Å². The highest BCUT2D eigenvalue weighted by Crippen LogP contribution is 2.05. The molecule has 0 saturated heterocycles. The van der Waals surface area contributed by atoms with E-state index in [1.165, 1.54) is 0 Å². The maximum absolute atomic E-state index is 4.16. The van der Waals surface area contributed by atoms with E-state index in [0.29, 0.717) is 0 Å². The molecule has 4 nitrogen and oxygen atoms in total. The molecule has 2 aromatic heterocycles. The van der Waals surface area contributed by atoms with Gasteiger partial charge < -0.3 is 0 Å². The first-order valence-electron chi connectivity index (χ1n) is 3.75. The Bertz CT molecular complexity index is 384. The Morgan fingerprint density at radius 2 is 2.23 bits per heavy atom. The number of imidazole rings is 1. The normalized spacial score (nSPS) is 10.2. The van der Waals surface area contributed by atoms with Crippen LogP contribution in [0.1, 0.15) is 5.69 Å². The fourth-order valence-electron chi connectivity index (χ4n) is 0.982. The van der Waals surface area contributed by atoms with E-state index in [-0.39, 0.29) is 0 Å². The third-order valence-electron chi connectivity index (χ3n) is 1.59. The van der Waals surface area contributed by atoms with Crippen molar-refractivity contribution in [3.63, 3.8) is 0 Å². The summed E-state index contributed by atoms with van der Waals surface area (Å²) in [6, 6.07) is 0. The number of aromatic nitrogens is 4. The molecule has 0 aromatic carbocycles. The largest absolute Gasteiger partial charge is 0.289 e. The second-order valence-corrected chi connectivity index (χ2v) is 3.03. The van der Waals surface area contributed by atoms with E-state index < -0.39 is 0 Å². The summed E-state index contributed by atoms with van der Waals surface area (Å²) in [4.78, 5) is 12.3. The van der Waals surface area contributed by atoms with Gasteiger partial charge in [-0.2, -0.15) is 0 Å². The lowest BCUT2D eigenvalue weighted by molar-refractivity contribution is 0.970. The van der Waals surface area contributed by atoms with Crippen LogP contribution in [0.4, 0.5) is 0 Å². The van der Waals surface area contributed by atoms with Crippen molar-refractivity contribution in [1.82, 2.24) is 19.5 Å². The van der Waals surface area contributed by atoms with E-state index in [1.54, 1.807) is 24.9 Å². The number of nitrogens with zero attached hydrogens (tertiary/aromatic N) is 4. The molecule has 0 spiro atoms. The summed E-state index contributed by atoms with van der Waals surface area (Å²) in [6.45, 7) is 0. The van der Waals surface area contributed by atoms with Crippen LogP contribution in [-0.4, -0.2) is 19.5 Å². The molecule has 0 atom stereocenters. The summed E-state index contributed by atoms with van der Waals surface area (Å²) in [5, 5.41) is 0.750. The molecule has 13 heavy (non-hydrogen) atoms. The van der Waals surface area contributed by atoms with Gasteiger partial charge in [-0.25, -0.2) is 9.97 Å². The van der Waals surface area contributed by atoms with Crippen LogP contribution in [0, 0.1) is 0 Å². The summed E-state index contributed by atoms with van der Waals surface area (Å²) in [6.07, 6.45) is 8.63. The molecule has 2 heterocycles. The van der Waals surface area contributed by atoms with Crippen molar-refractivity contribution in [3.05, 3.63) is 36.8 Å². The highest BCUT2D eigenvalue weighted by Gasteiger charge is 1.99. The molecule has 2 aromatic rings.